The number of hydrogen-bond acceptors (Lipinski definition) is 7. The Labute approximate surface area is 179 Å². The van der Waals surface area contributed by atoms with E-state index >= 15 is 0 Å². The Hall–Kier alpha value is -2.69. The number of aromatic nitrogens is 2. The van der Waals surface area contributed by atoms with Crippen LogP contribution in [-0.2, 0) is 0 Å². The molecule has 1 aliphatic heterocycles. The van der Waals surface area contributed by atoms with Gasteiger partial charge in [-0.2, -0.15) is 13.2 Å². The number of nitrogens with zero attached hydrogens (tertiary/aromatic N) is 3. The minimum absolute atomic E-state index is 0.000920. The van der Waals surface area contributed by atoms with E-state index in [4.69, 9.17) is 10.5 Å². The number of pyridine rings is 2. The van der Waals surface area contributed by atoms with Gasteiger partial charge in [0, 0.05) is 39.9 Å². The third-order valence-electron chi connectivity index (χ3n) is 4.02. The zero-order chi connectivity index (χ0) is 21.1. The summed E-state index contributed by atoms with van der Waals surface area (Å²) >= 11 is 2.27. The predicted molar refractivity (Wildman–Crippen MR) is 111 cm³/mol. The lowest BCUT2D eigenvalue weighted by atomic mass is 10.3. The van der Waals surface area contributed by atoms with Gasteiger partial charge in [0.25, 0.3) is 0 Å². The number of halogens is 3. The highest BCUT2D eigenvalue weighted by Crippen LogP contribution is 2.45. The van der Waals surface area contributed by atoms with Gasteiger partial charge in [-0.05, 0) is 24.3 Å². The SMILES string of the molecule is NC1SC=C(C(F)(F)F)N1c1ncc(Sc2ccncc2)cc1Oc1ccccc1. The highest BCUT2D eigenvalue weighted by molar-refractivity contribution is 8.03. The fourth-order valence-electron chi connectivity index (χ4n) is 2.72. The summed E-state index contributed by atoms with van der Waals surface area (Å²) in [6.07, 6.45) is 0.248. The Kier molecular flexibility index (Phi) is 5.89. The van der Waals surface area contributed by atoms with Crippen LogP contribution in [0.15, 0.2) is 88.0 Å². The number of alkyl halides is 3. The number of ether oxygens (including phenoxy) is 1. The summed E-state index contributed by atoms with van der Waals surface area (Å²) < 4.78 is 46.5. The number of benzene rings is 1. The molecular formula is C20H15F3N4OS2. The van der Waals surface area contributed by atoms with Crippen molar-refractivity contribution in [3.63, 3.8) is 0 Å². The van der Waals surface area contributed by atoms with Crippen LogP contribution in [0.2, 0.25) is 0 Å². The Bertz CT molecular complexity index is 1050. The fraction of sp³-hybridized carbons (Fsp3) is 0.100. The van der Waals surface area contributed by atoms with Gasteiger partial charge in [-0.1, -0.05) is 41.7 Å². The Morgan fingerprint density at radius 3 is 2.50 bits per heavy atom. The maximum absolute atomic E-state index is 13.5. The summed E-state index contributed by atoms with van der Waals surface area (Å²) in [4.78, 5) is 10.8. The van der Waals surface area contributed by atoms with Crippen LogP contribution in [0.4, 0.5) is 19.0 Å². The molecule has 154 valence electrons. The number of thioether (sulfide) groups is 1. The first-order valence-corrected chi connectivity index (χ1v) is 10.5. The molecule has 1 atom stereocenters. The first kappa shape index (κ1) is 20.6. The molecule has 0 bridgehead atoms. The van der Waals surface area contributed by atoms with E-state index in [2.05, 4.69) is 9.97 Å². The Balaban J connectivity index is 1.74. The minimum Gasteiger partial charge on any atom is -0.453 e. The van der Waals surface area contributed by atoms with E-state index in [1.165, 1.54) is 18.0 Å². The topological polar surface area (TPSA) is 64.3 Å². The number of anilines is 1. The highest BCUT2D eigenvalue weighted by Gasteiger charge is 2.44. The molecule has 3 heterocycles. The van der Waals surface area contributed by atoms with Gasteiger partial charge in [0.2, 0.25) is 0 Å². The average Bonchev–Trinajstić information content (AvgIpc) is 3.12. The van der Waals surface area contributed by atoms with E-state index in [0.717, 1.165) is 27.0 Å². The number of para-hydroxylation sites is 1. The van der Waals surface area contributed by atoms with Gasteiger partial charge in [-0.25, -0.2) is 4.98 Å². The summed E-state index contributed by atoms with van der Waals surface area (Å²) in [7, 11) is 0. The molecule has 4 rings (SSSR count). The monoisotopic (exact) mass is 448 g/mol. The van der Waals surface area contributed by atoms with E-state index in [1.54, 1.807) is 42.7 Å². The van der Waals surface area contributed by atoms with Crippen LogP contribution in [0.1, 0.15) is 0 Å². The number of allylic oxidation sites excluding steroid dienone is 1. The number of hydrogen-bond donors (Lipinski definition) is 1. The molecule has 1 unspecified atom stereocenters. The normalized spacial score (nSPS) is 16.5. The van der Waals surface area contributed by atoms with Crippen molar-refractivity contribution in [3.8, 4) is 11.5 Å². The summed E-state index contributed by atoms with van der Waals surface area (Å²) in [5.74, 6) is 0.650. The number of rotatable bonds is 5. The van der Waals surface area contributed by atoms with E-state index in [1.807, 2.05) is 18.2 Å². The zero-order valence-corrected chi connectivity index (χ0v) is 16.9. The van der Waals surface area contributed by atoms with Crippen molar-refractivity contribution in [1.82, 2.24) is 9.97 Å². The maximum atomic E-state index is 13.5. The van der Waals surface area contributed by atoms with Crippen LogP contribution in [0.5, 0.6) is 11.5 Å². The van der Waals surface area contributed by atoms with Crippen molar-refractivity contribution in [3.05, 3.63) is 78.2 Å². The maximum Gasteiger partial charge on any atom is 0.432 e. The quantitative estimate of drug-likeness (QED) is 0.543. The molecule has 0 radical (unpaired) electrons. The Morgan fingerprint density at radius 1 is 1.07 bits per heavy atom. The largest absolute Gasteiger partial charge is 0.453 e. The smallest absolute Gasteiger partial charge is 0.432 e. The molecule has 30 heavy (non-hydrogen) atoms. The second-order valence-electron chi connectivity index (χ2n) is 6.09. The van der Waals surface area contributed by atoms with Gasteiger partial charge in [0.1, 0.15) is 16.9 Å². The predicted octanol–water partition coefficient (Wildman–Crippen LogP) is 5.62. The van der Waals surface area contributed by atoms with Crippen molar-refractivity contribution in [2.75, 3.05) is 4.90 Å². The van der Waals surface area contributed by atoms with Crippen LogP contribution >= 0.6 is 23.5 Å². The highest BCUT2D eigenvalue weighted by atomic mass is 32.2. The van der Waals surface area contributed by atoms with Crippen molar-refractivity contribution < 1.29 is 17.9 Å². The standard InChI is InChI=1S/C20H15F3N4OS2/c21-20(22,23)17-12-29-19(24)27(17)18-16(28-13-4-2-1-3-5-13)10-15(11-26-18)30-14-6-8-25-9-7-14/h1-12,19H,24H2. The lowest BCUT2D eigenvalue weighted by molar-refractivity contribution is -0.0930. The minimum atomic E-state index is -4.57. The molecule has 3 aromatic rings. The van der Waals surface area contributed by atoms with Gasteiger partial charge in [0.15, 0.2) is 11.6 Å². The second kappa shape index (κ2) is 8.58. The van der Waals surface area contributed by atoms with Gasteiger partial charge >= 0.3 is 6.18 Å². The van der Waals surface area contributed by atoms with Crippen molar-refractivity contribution in [2.45, 2.75) is 21.5 Å². The second-order valence-corrected chi connectivity index (χ2v) is 8.23. The number of nitrogens with two attached hydrogens (primary N) is 1. The summed E-state index contributed by atoms with van der Waals surface area (Å²) in [6, 6.07) is 14.1. The Morgan fingerprint density at radius 2 is 1.80 bits per heavy atom. The van der Waals surface area contributed by atoms with Crippen LogP contribution < -0.4 is 15.4 Å². The molecule has 10 heteroatoms. The average molecular weight is 448 g/mol. The van der Waals surface area contributed by atoms with Gasteiger partial charge < -0.3 is 10.5 Å². The van der Waals surface area contributed by atoms with Gasteiger partial charge in [-0.3, -0.25) is 9.88 Å². The zero-order valence-electron chi connectivity index (χ0n) is 15.3. The molecule has 0 fully saturated rings. The van der Waals surface area contributed by atoms with Gasteiger partial charge in [-0.15, -0.1) is 0 Å². The van der Waals surface area contributed by atoms with E-state index in [0.29, 0.717) is 10.6 Å². The summed E-state index contributed by atoms with van der Waals surface area (Å²) in [5.41, 5.74) is 4.11. The van der Waals surface area contributed by atoms with Crippen LogP contribution in [0.25, 0.3) is 0 Å². The lowest BCUT2D eigenvalue weighted by Crippen LogP contribution is -2.40. The van der Waals surface area contributed by atoms with Crippen LogP contribution in [-0.4, -0.2) is 21.6 Å². The van der Waals surface area contributed by atoms with E-state index < -0.39 is 17.4 Å². The molecular weight excluding hydrogens is 433 g/mol. The molecule has 0 spiro atoms. The third kappa shape index (κ3) is 4.55. The fourth-order valence-corrected chi connectivity index (χ4v) is 4.37. The van der Waals surface area contributed by atoms with Crippen molar-refractivity contribution in [1.29, 1.82) is 0 Å². The third-order valence-corrected chi connectivity index (χ3v) is 5.83. The molecule has 2 N–H and O–H groups in total. The molecule has 2 aromatic heterocycles. The van der Waals surface area contributed by atoms with E-state index in [9.17, 15) is 13.2 Å². The molecule has 0 aliphatic carbocycles. The molecule has 0 amide bonds. The molecule has 5 nitrogen and oxygen atoms in total. The molecule has 0 saturated heterocycles. The van der Waals surface area contributed by atoms with Gasteiger partial charge in [0.05, 0.1) is 0 Å². The van der Waals surface area contributed by atoms with E-state index in [-0.39, 0.29) is 11.6 Å². The summed E-state index contributed by atoms with van der Waals surface area (Å²) in [5, 5.41) is 0.998. The van der Waals surface area contributed by atoms with Crippen LogP contribution in [0, 0.1) is 0 Å². The first-order chi connectivity index (χ1) is 14.4. The lowest BCUT2D eigenvalue weighted by Gasteiger charge is -2.28. The molecule has 1 aromatic carbocycles. The van der Waals surface area contributed by atoms with Crippen molar-refractivity contribution in [2.24, 2.45) is 5.73 Å². The first-order valence-electron chi connectivity index (χ1n) is 8.70. The molecule has 1 aliphatic rings. The van der Waals surface area contributed by atoms with Crippen LogP contribution in [0.3, 0.4) is 0 Å². The molecule has 0 saturated carbocycles. The summed E-state index contributed by atoms with van der Waals surface area (Å²) in [6.45, 7) is 0. The van der Waals surface area contributed by atoms with Crippen molar-refractivity contribution >= 4 is 29.3 Å².